The Hall–Kier alpha value is -4.37. The number of ether oxygens (including phenoxy) is 2. The highest BCUT2D eigenvalue weighted by Gasteiger charge is 2.21. The van der Waals surface area contributed by atoms with Crippen molar-refractivity contribution >= 4 is 28.0 Å². The highest BCUT2D eigenvalue weighted by atomic mass is 16.5. The van der Waals surface area contributed by atoms with Crippen LogP contribution in [-0.2, 0) is 22.6 Å². The third kappa shape index (κ3) is 5.57. The quantitative estimate of drug-likeness (QED) is 0.265. The first kappa shape index (κ1) is 27.5. The highest BCUT2D eigenvalue weighted by molar-refractivity contribution is 6.04. The maximum atomic E-state index is 12.6. The van der Waals surface area contributed by atoms with Crippen LogP contribution < -0.4 is 5.73 Å². The maximum Gasteiger partial charge on any atom is 0.249 e. The number of carbonyl (C=O) groups excluding carboxylic acids is 1. The van der Waals surface area contributed by atoms with E-state index in [-0.39, 0.29) is 0 Å². The zero-order chi connectivity index (χ0) is 29.2. The van der Waals surface area contributed by atoms with Gasteiger partial charge in [-0.2, -0.15) is 10.2 Å². The van der Waals surface area contributed by atoms with Gasteiger partial charge in [-0.25, -0.2) is 29.3 Å². The Balaban J connectivity index is 1.22. The lowest BCUT2D eigenvalue weighted by Crippen LogP contribution is -2.38. The number of primary amides is 1. The fraction of sp³-hybridized carbons (Fsp3) is 0.414. The molecule has 2 aliphatic heterocycles. The van der Waals surface area contributed by atoms with Crippen molar-refractivity contribution in [2.45, 2.75) is 13.1 Å². The lowest BCUT2D eigenvalue weighted by molar-refractivity contribution is 0.0360. The summed E-state index contributed by atoms with van der Waals surface area (Å²) in [6.45, 7) is 9.71. The van der Waals surface area contributed by atoms with Crippen LogP contribution in [0.2, 0.25) is 0 Å². The van der Waals surface area contributed by atoms with E-state index in [1.165, 1.54) is 6.33 Å². The van der Waals surface area contributed by atoms with E-state index in [4.69, 9.17) is 15.2 Å². The fourth-order valence-electron chi connectivity index (χ4n) is 5.78. The third-order valence-corrected chi connectivity index (χ3v) is 8.14. The summed E-state index contributed by atoms with van der Waals surface area (Å²) in [5, 5.41) is 10.8. The van der Waals surface area contributed by atoms with Gasteiger partial charge in [0.2, 0.25) is 5.91 Å². The monoisotopic (exact) mass is 583 g/mol. The van der Waals surface area contributed by atoms with Crippen molar-refractivity contribution in [2.75, 3.05) is 65.7 Å². The van der Waals surface area contributed by atoms with E-state index < -0.39 is 5.91 Å². The van der Waals surface area contributed by atoms with Crippen molar-refractivity contribution in [3.63, 3.8) is 0 Å². The lowest BCUT2D eigenvalue weighted by Gasteiger charge is -2.26. The molecule has 0 saturated carbocycles. The molecule has 0 spiro atoms. The van der Waals surface area contributed by atoms with Crippen molar-refractivity contribution in [1.29, 1.82) is 0 Å². The van der Waals surface area contributed by atoms with E-state index in [1.807, 2.05) is 21.5 Å². The topological polar surface area (TPSA) is 155 Å². The number of aromatic nitrogens is 8. The van der Waals surface area contributed by atoms with Crippen LogP contribution in [0.5, 0.6) is 0 Å². The zero-order valence-corrected chi connectivity index (χ0v) is 23.8. The van der Waals surface area contributed by atoms with Crippen LogP contribution in [0.4, 0.5) is 0 Å². The molecule has 0 atom stereocenters. The molecule has 0 aliphatic carbocycles. The van der Waals surface area contributed by atoms with Crippen molar-refractivity contribution in [3.05, 3.63) is 48.8 Å². The average molecular weight is 584 g/mol. The molecule has 2 saturated heterocycles. The summed E-state index contributed by atoms with van der Waals surface area (Å²) in [4.78, 5) is 35.6. The Bertz CT molecular complexity index is 1760. The Labute approximate surface area is 247 Å². The minimum Gasteiger partial charge on any atom is -0.379 e. The van der Waals surface area contributed by atoms with Gasteiger partial charge in [-0.1, -0.05) is 6.07 Å². The standard InChI is InChI=1S/C29H33N11O3/c30-27(41)21-2-1-20(25-23-16-35-39(28(23)33-18-31-25)5-3-37-7-11-42-12-8-37)15-22(21)26-24-17-36-40(29(24)34-19-32-26)6-4-38-9-13-43-14-10-38/h1-2,15-19H,3-14H2,(H2,30,41). The Morgan fingerprint density at radius 1 is 0.721 bits per heavy atom. The normalized spacial score (nSPS) is 16.7. The number of benzene rings is 1. The average Bonchev–Trinajstić information content (AvgIpc) is 3.67. The van der Waals surface area contributed by atoms with Gasteiger partial charge < -0.3 is 15.2 Å². The van der Waals surface area contributed by atoms with Crippen LogP contribution in [0, 0.1) is 0 Å². The van der Waals surface area contributed by atoms with E-state index >= 15 is 0 Å². The summed E-state index contributed by atoms with van der Waals surface area (Å²) < 4.78 is 14.7. The number of amides is 1. The predicted molar refractivity (Wildman–Crippen MR) is 158 cm³/mol. The van der Waals surface area contributed by atoms with Gasteiger partial charge in [-0.05, 0) is 12.1 Å². The van der Waals surface area contributed by atoms with E-state index in [0.717, 1.165) is 87.7 Å². The molecule has 2 aliphatic rings. The molecule has 222 valence electrons. The molecule has 1 amide bonds. The van der Waals surface area contributed by atoms with E-state index in [0.29, 0.717) is 41.3 Å². The Morgan fingerprint density at radius 3 is 1.81 bits per heavy atom. The molecule has 0 unspecified atom stereocenters. The van der Waals surface area contributed by atoms with Gasteiger partial charge in [0.05, 0.1) is 74.1 Å². The van der Waals surface area contributed by atoms with Crippen molar-refractivity contribution in [3.8, 4) is 22.5 Å². The maximum absolute atomic E-state index is 12.6. The molecule has 43 heavy (non-hydrogen) atoms. The predicted octanol–water partition coefficient (Wildman–Crippen LogP) is 1.06. The molecule has 0 bridgehead atoms. The Morgan fingerprint density at radius 2 is 1.26 bits per heavy atom. The highest BCUT2D eigenvalue weighted by Crippen LogP contribution is 2.33. The molecular formula is C29H33N11O3. The van der Waals surface area contributed by atoms with Gasteiger partial charge in [-0.15, -0.1) is 0 Å². The van der Waals surface area contributed by atoms with Crippen molar-refractivity contribution in [2.24, 2.45) is 5.73 Å². The number of nitrogens with two attached hydrogens (primary N) is 1. The van der Waals surface area contributed by atoms with Gasteiger partial charge in [0.1, 0.15) is 12.7 Å². The molecule has 6 heterocycles. The summed E-state index contributed by atoms with van der Waals surface area (Å²) in [6.07, 6.45) is 6.60. The molecule has 2 N–H and O–H groups in total. The molecule has 14 nitrogen and oxygen atoms in total. The largest absolute Gasteiger partial charge is 0.379 e. The number of morpholine rings is 2. The third-order valence-electron chi connectivity index (χ3n) is 8.14. The molecular weight excluding hydrogens is 550 g/mol. The molecule has 1 aromatic carbocycles. The van der Waals surface area contributed by atoms with Crippen LogP contribution >= 0.6 is 0 Å². The molecule has 14 heteroatoms. The fourth-order valence-corrected chi connectivity index (χ4v) is 5.78. The lowest BCUT2D eigenvalue weighted by atomic mass is 9.97. The molecule has 7 rings (SSSR count). The van der Waals surface area contributed by atoms with Gasteiger partial charge >= 0.3 is 0 Å². The van der Waals surface area contributed by atoms with Crippen LogP contribution in [0.25, 0.3) is 44.6 Å². The number of rotatable bonds is 9. The van der Waals surface area contributed by atoms with Gasteiger partial charge in [0.25, 0.3) is 0 Å². The van der Waals surface area contributed by atoms with Gasteiger partial charge in [0, 0.05) is 56.0 Å². The minimum atomic E-state index is -0.545. The second-order valence-electron chi connectivity index (χ2n) is 10.7. The number of carbonyl (C=O) groups is 1. The molecule has 0 radical (unpaired) electrons. The number of nitrogens with zero attached hydrogens (tertiary/aromatic N) is 10. The second-order valence-corrected chi connectivity index (χ2v) is 10.7. The Kier molecular flexibility index (Phi) is 7.72. The summed E-state index contributed by atoms with van der Waals surface area (Å²) in [7, 11) is 0. The molecule has 4 aromatic heterocycles. The SMILES string of the molecule is NC(=O)c1ccc(-c2ncnc3c2cnn3CCN2CCOCC2)cc1-c1ncnc2c1cnn2CCN1CCOCC1. The van der Waals surface area contributed by atoms with Crippen molar-refractivity contribution < 1.29 is 14.3 Å². The first-order chi connectivity index (χ1) is 21.2. The van der Waals surface area contributed by atoms with Crippen molar-refractivity contribution in [1.82, 2.24) is 49.3 Å². The van der Waals surface area contributed by atoms with E-state index in [2.05, 4.69) is 39.9 Å². The minimum absolute atomic E-state index is 0.358. The summed E-state index contributed by atoms with van der Waals surface area (Å²) >= 11 is 0. The van der Waals surface area contributed by atoms with E-state index in [1.54, 1.807) is 24.8 Å². The summed E-state index contributed by atoms with van der Waals surface area (Å²) in [5.41, 5.74) is 10.3. The second kappa shape index (κ2) is 12.1. The molecule has 5 aromatic rings. The number of fused-ring (bicyclic) bond motifs is 2. The first-order valence-electron chi connectivity index (χ1n) is 14.5. The zero-order valence-electron chi connectivity index (χ0n) is 23.8. The van der Waals surface area contributed by atoms with Crippen LogP contribution in [0.15, 0.2) is 43.2 Å². The van der Waals surface area contributed by atoms with E-state index in [9.17, 15) is 4.79 Å². The summed E-state index contributed by atoms with van der Waals surface area (Å²) in [6, 6.07) is 5.47. The molecule has 2 fully saturated rings. The summed E-state index contributed by atoms with van der Waals surface area (Å²) in [5.74, 6) is -0.545. The first-order valence-corrected chi connectivity index (χ1v) is 14.5. The number of hydrogen-bond acceptors (Lipinski definition) is 11. The van der Waals surface area contributed by atoms with Crippen LogP contribution in [0.3, 0.4) is 0 Å². The van der Waals surface area contributed by atoms with Gasteiger partial charge in [-0.3, -0.25) is 14.6 Å². The van der Waals surface area contributed by atoms with Gasteiger partial charge in [0.15, 0.2) is 11.3 Å². The van der Waals surface area contributed by atoms with Crippen LogP contribution in [-0.4, -0.2) is 121 Å². The van der Waals surface area contributed by atoms with Crippen LogP contribution in [0.1, 0.15) is 10.4 Å². The smallest absolute Gasteiger partial charge is 0.249 e. The number of hydrogen-bond donors (Lipinski definition) is 1.